The van der Waals surface area contributed by atoms with Crippen LogP contribution in [-0.2, 0) is 10.0 Å². The van der Waals surface area contributed by atoms with E-state index in [-0.39, 0.29) is 9.20 Å². The molecule has 0 bridgehead atoms. The molecule has 0 aliphatic heterocycles. The molecule has 20 heavy (non-hydrogen) atoms. The molecule has 112 valence electrons. The third kappa shape index (κ3) is 3.78. The monoisotopic (exact) mass is 332 g/mol. The van der Waals surface area contributed by atoms with E-state index in [1.165, 1.54) is 19.3 Å². The molecule has 0 radical (unpaired) electrons. The molecule has 2 atom stereocenters. The molecule has 1 fully saturated rings. The Kier molecular flexibility index (Phi) is 5.17. The molecule has 3 N–H and O–H groups in total. The molecular formula is C13H20N2O2S3. The fraction of sp³-hybridized carbons (Fsp3) is 0.615. The van der Waals surface area contributed by atoms with Gasteiger partial charge < -0.3 is 5.73 Å². The van der Waals surface area contributed by atoms with Crippen molar-refractivity contribution in [2.45, 2.75) is 36.8 Å². The summed E-state index contributed by atoms with van der Waals surface area (Å²) in [5.74, 6) is 1.02. The van der Waals surface area contributed by atoms with Crippen LogP contribution in [0.25, 0.3) is 0 Å². The maximum atomic E-state index is 12.2. The SMILES string of the molecule is CC1CCCCC1CNS(=O)(=O)c1ccc(C(N)=S)s1. The summed E-state index contributed by atoms with van der Waals surface area (Å²) in [5.41, 5.74) is 5.51. The molecule has 1 aliphatic carbocycles. The predicted molar refractivity (Wildman–Crippen MR) is 86.5 cm³/mol. The molecule has 1 aromatic heterocycles. The van der Waals surface area contributed by atoms with Crippen LogP contribution in [0.5, 0.6) is 0 Å². The highest BCUT2D eigenvalue weighted by atomic mass is 32.2. The second kappa shape index (κ2) is 6.51. The highest BCUT2D eigenvalue weighted by molar-refractivity contribution is 7.91. The lowest BCUT2D eigenvalue weighted by Crippen LogP contribution is -2.33. The van der Waals surface area contributed by atoms with Crippen molar-refractivity contribution >= 4 is 38.6 Å². The van der Waals surface area contributed by atoms with Gasteiger partial charge in [-0.3, -0.25) is 0 Å². The minimum atomic E-state index is -3.44. The van der Waals surface area contributed by atoms with Crippen molar-refractivity contribution in [3.05, 3.63) is 17.0 Å². The Bertz CT molecular complexity index is 580. The Morgan fingerprint density at radius 1 is 1.45 bits per heavy atom. The van der Waals surface area contributed by atoms with Gasteiger partial charge in [0.25, 0.3) is 0 Å². The third-order valence-electron chi connectivity index (χ3n) is 3.91. The van der Waals surface area contributed by atoms with Crippen LogP contribution in [0, 0.1) is 11.8 Å². The van der Waals surface area contributed by atoms with Gasteiger partial charge in [0.15, 0.2) is 0 Å². The van der Waals surface area contributed by atoms with Crippen LogP contribution in [0.4, 0.5) is 0 Å². The first-order valence-electron chi connectivity index (χ1n) is 6.79. The van der Waals surface area contributed by atoms with Crippen molar-refractivity contribution in [1.82, 2.24) is 4.72 Å². The Balaban J connectivity index is 2.01. The van der Waals surface area contributed by atoms with Gasteiger partial charge in [-0.2, -0.15) is 0 Å². The second-order valence-electron chi connectivity index (χ2n) is 5.36. The highest BCUT2D eigenvalue weighted by Gasteiger charge is 2.24. The summed E-state index contributed by atoms with van der Waals surface area (Å²) in [7, 11) is -3.44. The van der Waals surface area contributed by atoms with Crippen molar-refractivity contribution < 1.29 is 8.42 Å². The van der Waals surface area contributed by atoms with Crippen LogP contribution < -0.4 is 10.5 Å². The summed E-state index contributed by atoms with van der Waals surface area (Å²) in [6, 6.07) is 3.22. The Labute approximate surface area is 129 Å². The van der Waals surface area contributed by atoms with Gasteiger partial charge in [0.1, 0.15) is 9.20 Å². The Morgan fingerprint density at radius 3 is 2.75 bits per heavy atom. The maximum Gasteiger partial charge on any atom is 0.250 e. The lowest BCUT2D eigenvalue weighted by Gasteiger charge is -2.28. The van der Waals surface area contributed by atoms with E-state index in [1.807, 2.05) is 0 Å². The summed E-state index contributed by atoms with van der Waals surface area (Å²) in [4.78, 5) is 0.865. The molecular weight excluding hydrogens is 312 g/mol. The average molecular weight is 333 g/mol. The minimum absolute atomic E-state index is 0.234. The first-order chi connectivity index (χ1) is 9.40. The second-order valence-corrected chi connectivity index (χ2v) is 8.87. The largest absolute Gasteiger partial charge is 0.389 e. The molecule has 1 saturated carbocycles. The zero-order chi connectivity index (χ0) is 14.8. The van der Waals surface area contributed by atoms with E-state index in [0.717, 1.165) is 17.8 Å². The standard InChI is InChI=1S/C13H20N2O2S3/c1-9-4-2-3-5-10(9)8-15-20(16,17)12-7-6-11(19-12)13(14)18/h6-7,9-10,15H,2-5,8H2,1H3,(H2,14,18). The number of rotatable bonds is 5. The number of thiocarbonyl (C=S) groups is 1. The van der Waals surface area contributed by atoms with Crippen LogP contribution >= 0.6 is 23.6 Å². The van der Waals surface area contributed by atoms with Crippen molar-refractivity contribution in [3.63, 3.8) is 0 Å². The van der Waals surface area contributed by atoms with Crippen LogP contribution in [0.15, 0.2) is 16.3 Å². The summed E-state index contributed by atoms with van der Waals surface area (Å²) in [5, 5.41) is 0. The maximum absolute atomic E-state index is 12.2. The highest BCUT2D eigenvalue weighted by Crippen LogP contribution is 2.29. The van der Waals surface area contributed by atoms with Gasteiger partial charge in [-0.05, 0) is 30.4 Å². The van der Waals surface area contributed by atoms with E-state index in [9.17, 15) is 8.42 Å². The third-order valence-corrected chi connectivity index (χ3v) is 7.30. The fourth-order valence-corrected chi connectivity index (χ4v) is 5.07. The van der Waals surface area contributed by atoms with Crippen LogP contribution in [-0.4, -0.2) is 20.0 Å². The molecule has 1 aliphatic rings. The normalized spacial score (nSPS) is 23.6. The number of hydrogen-bond acceptors (Lipinski definition) is 4. The van der Waals surface area contributed by atoms with Gasteiger partial charge in [0.05, 0.1) is 4.88 Å². The van der Waals surface area contributed by atoms with Gasteiger partial charge in [-0.1, -0.05) is 38.4 Å². The number of sulfonamides is 1. The van der Waals surface area contributed by atoms with E-state index in [4.69, 9.17) is 18.0 Å². The smallest absolute Gasteiger partial charge is 0.250 e. The van der Waals surface area contributed by atoms with Crippen molar-refractivity contribution in [1.29, 1.82) is 0 Å². The molecule has 0 aromatic carbocycles. The lowest BCUT2D eigenvalue weighted by molar-refractivity contribution is 0.257. The number of hydrogen-bond donors (Lipinski definition) is 2. The van der Waals surface area contributed by atoms with Crippen LogP contribution in [0.2, 0.25) is 0 Å². The van der Waals surface area contributed by atoms with Crippen molar-refractivity contribution in [3.8, 4) is 0 Å². The van der Waals surface area contributed by atoms with Crippen molar-refractivity contribution in [2.24, 2.45) is 17.6 Å². The number of thiophene rings is 1. The van der Waals surface area contributed by atoms with Gasteiger partial charge in [-0.15, -0.1) is 11.3 Å². The van der Waals surface area contributed by atoms with E-state index >= 15 is 0 Å². The first-order valence-corrected chi connectivity index (χ1v) is 9.50. The first kappa shape index (κ1) is 15.9. The molecule has 7 heteroatoms. The Morgan fingerprint density at radius 2 is 2.15 bits per heavy atom. The number of nitrogens with one attached hydrogen (secondary N) is 1. The molecule has 2 unspecified atom stereocenters. The zero-order valence-electron chi connectivity index (χ0n) is 11.5. The summed E-state index contributed by atoms with van der Waals surface area (Å²) in [6.45, 7) is 2.72. The molecule has 0 spiro atoms. The van der Waals surface area contributed by atoms with Crippen LogP contribution in [0.1, 0.15) is 37.5 Å². The van der Waals surface area contributed by atoms with E-state index < -0.39 is 10.0 Å². The lowest BCUT2D eigenvalue weighted by atomic mass is 9.81. The number of nitrogens with two attached hydrogens (primary N) is 1. The van der Waals surface area contributed by atoms with Gasteiger partial charge in [0, 0.05) is 6.54 Å². The van der Waals surface area contributed by atoms with E-state index in [2.05, 4.69) is 11.6 Å². The van der Waals surface area contributed by atoms with E-state index in [0.29, 0.717) is 23.3 Å². The quantitative estimate of drug-likeness (QED) is 0.813. The average Bonchev–Trinajstić information content (AvgIpc) is 2.88. The van der Waals surface area contributed by atoms with Crippen LogP contribution in [0.3, 0.4) is 0 Å². The summed E-state index contributed by atoms with van der Waals surface area (Å²) >= 11 is 5.97. The van der Waals surface area contributed by atoms with E-state index in [1.54, 1.807) is 12.1 Å². The van der Waals surface area contributed by atoms with Crippen molar-refractivity contribution in [2.75, 3.05) is 6.54 Å². The predicted octanol–water partition coefficient (Wildman–Crippen LogP) is 2.49. The summed E-state index contributed by atoms with van der Waals surface area (Å²) < 4.78 is 27.5. The van der Waals surface area contributed by atoms with Gasteiger partial charge in [-0.25, -0.2) is 13.1 Å². The van der Waals surface area contributed by atoms with Gasteiger partial charge in [0.2, 0.25) is 10.0 Å². The molecule has 0 amide bonds. The zero-order valence-corrected chi connectivity index (χ0v) is 13.9. The molecule has 2 rings (SSSR count). The fourth-order valence-electron chi connectivity index (χ4n) is 2.58. The molecule has 0 saturated heterocycles. The summed E-state index contributed by atoms with van der Waals surface area (Å²) in [6.07, 6.45) is 4.75. The molecule has 1 heterocycles. The van der Waals surface area contributed by atoms with Gasteiger partial charge >= 0.3 is 0 Å². The Hall–Kier alpha value is -0.500. The molecule has 4 nitrogen and oxygen atoms in total. The minimum Gasteiger partial charge on any atom is -0.389 e. The topological polar surface area (TPSA) is 72.2 Å². The molecule has 1 aromatic rings.